The average Bonchev–Trinajstić information content (AvgIpc) is 2.37. The fourth-order valence-electron chi connectivity index (χ4n) is 3.19. The molecule has 18 heavy (non-hydrogen) atoms. The van der Waals surface area contributed by atoms with Gasteiger partial charge in [-0.25, -0.2) is 8.42 Å². The first kappa shape index (κ1) is 14.3. The van der Waals surface area contributed by atoms with Gasteiger partial charge in [0.2, 0.25) is 0 Å². The van der Waals surface area contributed by atoms with E-state index in [1.165, 1.54) is 0 Å². The van der Waals surface area contributed by atoms with E-state index in [0.29, 0.717) is 17.4 Å². The van der Waals surface area contributed by atoms with Gasteiger partial charge in [-0.2, -0.15) is 0 Å². The third-order valence-corrected chi connectivity index (χ3v) is 5.82. The van der Waals surface area contributed by atoms with Crippen molar-refractivity contribution < 1.29 is 8.42 Å². The van der Waals surface area contributed by atoms with Gasteiger partial charge in [0.1, 0.15) is 0 Å². The lowest BCUT2D eigenvalue weighted by Gasteiger charge is -2.32. The molecule has 0 aromatic carbocycles. The molecule has 0 aliphatic carbocycles. The Hall–Kier alpha value is -0.130. The molecule has 4 nitrogen and oxygen atoms in total. The first-order chi connectivity index (χ1) is 8.36. The highest BCUT2D eigenvalue weighted by atomic mass is 32.2. The van der Waals surface area contributed by atoms with Crippen LogP contribution in [0.25, 0.3) is 0 Å². The highest BCUT2D eigenvalue weighted by Crippen LogP contribution is 2.23. The molecule has 1 unspecified atom stereocenters. The lowest BCUT2D eigenvalue weighted by molar-refractivity contribution is 0.181. The molecule has 0 saturated carbocycles. The third-order valence-electron chi connectivity index (χ3n) is 3.93. The summed E-state index contributed by atoms with van der Waals surface area (Å²) in [6, 6.07) is 0. The molecule has 0 radical (unpaired) electrons. The normalized spacial score (nSPS) is 32.9. The minimum atomic E-state index is -2.76. The number of nitrogens with zero attached hydrogens (tertiary/aromatic N) is 1. The van der Waals surface area contributed by atoms with Crippen LogP contribution in [0.15, 0.2) is 0 Å². The molecule has 106 valence electrons. The zero-order chi connectivity index (χ0) is 13.2. The molecule has 1 atom stereocenters. The molecule has 2 heterocycles. The van der Waals surface area contributed by atoms with Crippen LogP contribution in [0.5, 0.6) is 0 Å². The van der Waals surface area contributed by atoms with E-state index < -0.39 is 9.84 Å². The largest absolute Gasteiger partial charge is 0.315 e. The second-order valence-electron chi connectivity index (χ2n) is 6.70. The fraction of sp³-hybridized carbons (Fsp3) is 1.00. The van der Waals surface area contributed by atoms with Crippen molar-refractivity contribution in [1.29, 1.82) is 0 Å². The van der Waals surface area contributed by atoms with Crippen LogP contribution in [0.1, 0.15) is 26.7 Å². The number of sulfone groups is 1. The second-order valence-corrected chi connectivity index (χ2v) is 8.93. The minimum Gasteiger partial charge on any atom is -0.315 e. The Morgan fingerprint density at radius 2 is 2.17 bits per heavy atom. The smallest absolute Gasteiger partial charge is 0.150 e. The van der Waals surface area contributed by atoms with E-state index in [4.69, 9.17) is 0 Å². The van der Waals surface area contributed by atoms with Crippen LogP contribution in [0.4, 0.5) is 0 Å². The zero-order valence-electron chi connectivity index (χ0n) is 11.6. The van der Waals surface area contributed by atoms with Gasteiger partial charge < -0.3 is 10.2 Å². The van der Waals surface area contributed by atoms with Gasteiger partial charge in [-0.05, 0) is 24.2 Å². The molecule has 2 fully saturated rings. The molecule has 2 aliphatic heterocycles. The molecular formula is C13H26N2O2S. The molecule has 1 N–H and O–H groups in total. The summed E-state index contributed by atoms with van der Waals surface area (Å²) in [5, 5.41) is 3.46. The Morgan fingerprint density at radius 3 is 2.89 bits per heavy atom. The van der Waals surface area contributed by atoms with Crippen molar-refractivity contribution in [2.75, 3.05) is 44.2 Å². The number of hydrogen-bond donors (Lipinski definition) is 1. The molecular weight excluding hydrogens is 248 g/mol. The molecule has 2 saturated heterocycles. The molecule has 5 heteroatoms. The molecule has 0 amide bonds. The van der Waals surface area contributed by atoms with Crippen molar-refractivity contribution >= 4 is 9.84 Å². The van der Waals surface area contributed by atoms with Crippen LogP contribution in [-0.4, -0.2) is 57.5 Å². The van der Waals surface area contributed by atoms with Gasteiger partial charge in [0.25, 0.3) is 0 Å². The summed E-state index contributed by atoms with van der Waals surface area (Å²) in [5.41, 5.74) is 0.282. The van der Waals surface area contributed by atoms with Crippen LogP contribution in [0.2, 0.25) is 0 Å². The van der Waals surface area contributed by atoms with E-state index in [-0.39, 0.29) is 5.41 Å². The van der Waals surface area contributed by atoms with Gasteiger partial charge in [-0.15, -0.1) is 0 Å². The Labute approximate surface area is 111 Å². The summed E-state index contributed by atoms with van der Waals surface area (Å²) in [6.45, 7) is 9.67. The van der Waals surface area contributed by atoms with Gasteiger partial charge in [0, 0.05) is 32.7 Å². The maximum Gasteiger partial charge on any atom is 0.150 e. The first-order valence-corrected chi connectivity index (χ1v) is 8.82. The molecule has 0 aromatic heterocycles. The van der Waals surface area contributed by atoms with E-state index in [1.54, 1.807) is 0 Å². The molecule has 0 bridgehead atoms. The molecule has 2 rings (SSSR count). The van der Waals surface area contributed by atoms with E-state index >= 15 is 0 Å². The van der Waals surface area contributed by atoms with Gasteiger partial charge in [0.15, 0.2) is 9.84 Å². The Morgan fingerprint density at radius 1 is 1.39 bits per heavy atom. The van der Waals surface area contributed by atoms with Crippen molar-refractivity contribution in [2.45, 2.75) is 26.7 Å². The quantitative estimate of drug-likeness (QED) is 0.807. The van der Waals surface area contributed by atoms with Crippen molar-refractivity contribution in [3.05, 3.63) is 0 Å². The van der Waals surface area contributed by atoms with Crippen LogP contribution < -0.4 is 5.32 Å². The molecule has 2 aliphatic rings. The van der Waals surface area contributed by atoms with Gasteiger partial charge in [0.05, 0.1) is 11.5 Å². The average molecular weight is 274 g/mol. The summed E-state index contributed by atoms with van der Waals surface area (Å²) in [5.74, 6) is 1.14. The lowest BCUT2D eigenvalue weighted by Crippen LogP contribution is -2.40. The summed E-state index contributed by atoms with van der Waals surface area (Å²) in [6.07, 6.45) is 1.92. The Bertz CT molecular complexity index is 378. The Kier molecular flexibility index (Phi) is 4.34. The van der Waals surface area contributed by atoms with E-state index in [9.17, 15) is 8.42 Å². The molecule has 0 spiro atoms. The van der Waals surface area contributed by atoms with Gasteiger partial charge in [-0.1, -0.05) is 13.8 Å². The van der Waals surface area contributed by atoms with E-state index in [0.717, 1.165) is 45.6 Å². The fourth-order valence-corrected chi connectivity index (χ4v) is 4.95. The predicted molar refractivity (Wildman–Crippen MR) is 74.5 cm³/mol. The molecule has 0 aromatic rings. The monoisotopic (exact) mass is 274 g/mol. The van der Waals surface area contributed by atoms with Gasteiger partial charge >= 0.3 is 0 Å². The first-order valence-electron chi connectivity index (χ1n) is 7.00. The third kappa shape index (κ3) is 4.21. The Balaban J connectivity index is 1.92. The zero-order valence-corrected chi connectivity index (χ0v) is 12.4. The van der Waals surface area contributed by atoms with Gasteiger partial charge in [-0.3, -0.25) is 0 Å². The van der Waals surface area contributed by atoms with Crippen molar-refractivity contribution in [3.63, 3.8) is 0 Å². The van der Waals surface area contributed by atoms with Crippen LogP contribution in [0.3, 0.4) is 0 Å². The maximum atomic E-state index is 11.7. The number of hydrogen-bond acceptors (Lipinski definition) is 4. The van der Waals surface area contributed by atoms with Crippen molar-refractivity contribution in [2.24, 2.45) is 11.3 Å². The minimum absolute atomic E-state index is 0.282. The van der Waals surface area contributed by atoms with E-state index in [2.05, 4.69) is 24.1 Å². The van der Waals surface area contributed by atoms with Crippen molar-refractivity contribution in [1.82, 2.24) is 10.2 Å². The summed E-state index contributed by atoms with van der Waals surface area (Å²) in [7, 11) is -2.76. The topological polar surface area (TPSA) is 49.4 Å². The maximum absolute atomic E-state index is 11.7. The van der Waals surface area contributed by atoms with Crippen LogP contribution >= 0.6 is 0 Å². The highest BCUT2D eigenvalue weighted by molar-refractivity contribution is 7.91. The van der Waals surface area contributed by atoms with E-state index in [1.807, 2.05) is 0 Å². The number of rotatable bonds is 2. The number of nitrogens with one attached hydrogen (secondary N) is 1. The second kappa shape index (κ2) is 5.47. The standard InChI is InChI=1S/C13H26N2O2S/c1-13(2)10-14-5-6-15(11-13)8-12-4-3-7-18(16,17)9-12/h12,14H,3-11H2,1-2H3. The predicted octanol–water partition coefficient (Wildman–Crippen LogP) is 0.743. The van der Waals surface area contributed by atoms with Crippen LogP contribution in [-0.2, 0) is 9.84 Å². The summed E-state index contributed by atoms with van der Waals surface area (Å²) < 4.78 is 23.3. The highest BCUT2D eigenvalue weighted by Gasteiger charge is 2.29. The SMILES string of the molecule is CC1(C)CNCCN(CC2CCCS(=O)(=O)C2)C1. The summed E-state index contributed by atoms with van der Waals surface area (Å²) >= 11 is 0. The van der Waals surface area contributed by atoms with Crippen LogP contribution in [0, 0.1) is 11.3 Å². The lowest BCUT2D eigenvalue weighted by atomic mass is 9.92. The van der Waals surface area contributed by atoms with Crippen molar-refractivity contribution in [3.8, 4) is 0 Å². The summed E-state index contributed by atoms with van der Waals surface area (Å²) in [4.78, 5) is 2.45.